The van der Waals surface area contributed by atoms with E-state index in [1.54, 1.807) is 11.9 Å². The number of carbonyl (C=O) groups is 1. The molecule has 1 aromatic rings. The molecule has 1 saturated heterocycles. The van der Waals surface area contributed by atoms with Crippen LogP contribution in [0.4, 0.5) is 0 Å². The normalized spacial score (nSPS) is 25.0. The van der Waals surface area contributed by atoms with Gasteiger partial charge >= 0.3 is 0 Å². The third-order valence-electron chi connectivity index (χ3n) is 5.43. The number of pyridine rings is 1. The number of fused-ring (bicyclic) bond motifs is 1. The Morgan fingerprint density at radius 1 is 1.11 bits per heavy atom. The van der Waals surface area contributed by atoms with E-state index in [0.717, 1.165) is 56.3 Å². The number of rotatable bonds is 3. The summed E-state index contributed by atoms with van der Waals surface area (Å²) >= 11 is 1.69. The van der Waals surface area contributed by atoms with Gasteiger partial charge in [0.15, 0.2) is 5.75 Å². The number of hydrogen-bond donors (Lipinski definition) is 0. The highest BCUT2D eigenvalue weighted by Gasteiger charge is 2.35. The van der Waals surface area contributed by atoms with Crippen molar-refractivity contribution >= 4 is 17.9 Å². The van der Waals surface area contributed by atoms with Crippen LogP contribution in [0.1, 0.15) is 12.8 Å². The van der Waals surface area contributed by atoms with Gasteiger partial charge in [0.05, 0.1) is 12.5 Å². The van der Waals surface area contributed by atoms with Gasteiger partial charge in [-0.2, -0.15) is 0 Å². The van der Waals surface area contributed by atoms with Crippen LogP contribution >= 0.6 is 11.9 Å². The van der Waals surface area contributed by atoms with Crippen LogP contribution in [0, 0.1) is 5.92 Å². The molecule has 144 valence electrons. The van der Waals surface area contributed by atoms with E-state index in [9.17, 15) is 4.79 Å². The van der Waals surface area contributed by atoms with Crippen LogP contribution < -0.4 is 9.47 Å². The fraction of sp³-hybridized carbons (Fsp3) is 0.579. The van der Waals surface area contributed by atoms with Gasteiger partial charge in [0, 0.05) is 49.9 Å². The molecule has 0 spiro atoms. The molecule has 0 saturated carbocycles. The van der Waals surface area contributed by atoms with Gasteiger partial charge in [-0.3, -0.25) is 4.79 Å². The smallest absolute Gasteiger partial charge is 0.257 e. The van der Waals surface area contributed by atoms with Crippen LogP contribution in [0.15, 0.2) is 28.3 Å². The first-order chi connectivity index (χ1) is 13.3. The van der Waals surface area contributed by atoms with Crippen LogP contribution in [0.25, 0.3) is 0 Å². The third-order valence-corrected chi connectivity index (χ3v) is 6.38. The van der Waals surface area contributed by atoms with Gasteiger partial charge in [-0.05, 0) is 35.9 Å². The molecule has 27 heavy (non-hydrogen) atoms. The fourth-order valence-electron chi connectivity index (χ4n) is 4.07. The minimum Gasteiger partial charge on any atom is -0.484 e. The maximum atomic E-state index is 12.7. The van der Waals surface area contributed by atoms with Crippen LogP contribution in [-0.2, 0) is 9.53 Å². The summed E-state index contributed by atoms with van der Waals surface area (Å²) in [6.45, 7) is 5.80. The van der Waals surface area contributed by atoms with Crippen molar-refractivity contribution in [2.24, 2.45) is 5.92 Å². The molecule has 1 unspecified atom stereocenters. The van der Waals surface area contributed by atoms with Gasteiger partial charge in [0.25, 0.3) is 5.88 Å². The average Bonchev–Trinajstić information content (AvgIpc) is 3.26. The zero-order chi connectivity index (χ0) is 18.2. The van der Waals surface area contributed by atoms with E-state index in [-0.39, 0.29) is 11.8 Å². The highest BCUT2D eigenvalue weighted by Crippen LogP contribution is 2.37. The summed E-state index contributed by atoms with van der Waals surface area (Å²) in [5.74, 6) is 1.61. The lowest BCUT2D eigenvalue weighted by molar-refractivity contribution is -0.138. The summed E-state index contributed by atoms with van der Waals surface area (Å²) in [7, 11) is 0. The second kappa shape index (κ2) is 7.33. The topological polar surface area (TPSA) is 64.1 Å². The molecule has 1 atom stereocenters. The van der Waals surface area contributed by atoms with Gasteiger partial charge in [0.1, 0.15) is 13.2 Å². The minimum absolute atomic E-state index is 0.0491. The van der Waals surface area contributed by atoms with Gasteiger partial charge in [-0.25, -0.2) is 9.29 Å². The molecule has 0 N–H and O–H groups in total. The van der Waals surface area contributed by atoms with Crippen LogP contribution in [-0.4, -0.2) is 72.7 Å². The van der Waals surface area contributed by atoms with Crippen molar-refractivity contribution in [3.8, 4) is 11.6 Å². The molecule has 1 aromatic heterocycles. The lowest BCUT2D eigenvalue weighted by atomic mass is 10.0. The van der Waals surface area contributed by atoms with Gasteiger partial charge in [0.2, 0.25) is 5.91 Å². The number of hydrogen-bond acceptors (Lipinski definition) is 7. The molecule has 0 bridgehead atoms. The summed E-state index contributed by atoms with van der Waals surface area (Å²) in [5, 5.41) is 0. The predicted octanol–water partition coefficient (Wildman–Crippen LogP) is 1.74. The monoisotopic (exact) mass is 389 g/mol. The molecule has 1 fully saturated rings. The second-order valence-electron chi connectivity index (χ2n) is 7.38. The van der Waals surface area contributed by atoms with E-state index in [0.29, 0.717) is 25.7 Å². The van der Waals surface area contributed by atoms with E-state index in [2.05, 4.69) is 9.29 Å². The molecule has 5 rings (SSSR count). The Morgan fingerprint density at radius 3 is 2.70 bits per heavy atom. The fourth-order valence-corrected chi connectivity index (χ4v) is 5.07. The molecule has 8 heteroatoms. The first-order valence-corrected chi connectivity index (χ1v) is 10.3. The maximum absolute atomic E-state index is 12.7. The summed E-state index contributed by atoms with van der Waals surface area (Å²) in [6, 6.07) is 1.99. The lowest BCUT2D eigenvalue weighted by Crippen LogP contribution is -2.40. The van der Waals surface area contributed by atoms with Crippen LogP contribution in [0.5, 0.6) is 11.6 Å². The molecule has 0 aromatic carbocycles. The summed E-state index contributed by atoms with van der Waals surface area (Å²) in [5.41, 5.74) is 2.77. The Bertz CT molecular complexity index is 760. The van der Waals surface area contributed by atoms with Crippen LogP contribution in [0.2, 0.25) is 0 Å². The predicted molar refractivity (Wildman–Crippen MR) is 99.8 cm³/mol. The number of ether oxygens (including phenoxy) is 3. The highest BCUT2D eigenvalue weighted by molar-refractivity contribution is 7.97. The Labute approximate surface area is 162 Å². The van der Waals surface area contributed by atoms with Crippen molar-refractivity contribution in [3.05, 3.63) is 23.4 Å². The molecule has 0 aliphatic carbocycles. The summed E-state index contributed by atoms with van der Waals surface area (Å²) in [4.78, 5) is 20.1. The summed E-state index contributed by atoms with van der Waals surface area (Å²) < 4.78 is 18.9. The SMILES string of the molecule is O=C(C1CCCOC1)N1CC2=C(CN(Sc3cnc4c(c3)OCCO4)C2)C1. The van der Waals surface area contributed by atoms with Crippen LogP contribution in [0.3, 0.4) is 0 Å². The van der Waals surface area contributed by atoms with E-state index in [4.69, 9.17) is 14.2 Å². The average molecular weight is 389 g/mol. The van der Waals surface area contributed by atoms with Crippen molar-refractivity contribution in [1.29, 1.82) is 0 Å². The number of carbonyl (C=O) groups excluding carboxylic acids is 1. The molecule has 1 amide bonds. The van der Waals surface area contributed by atoms with Crippen molar-refractivity contribution in [2.75, 3.05) is 52.6 Å². The molecule has 7 nitrogen and oxygen atoms in total. The lowest BCUT2D eigenvalue weighted by Gasteiger charge is -2.28. The Balaban J connectivity index is 1.16. The number of aromatic nitrogens is 1. The molecular weight excluding hydrogens is 366 g/mol. The van der Waals surface area contributed by atoms with Gasteiger partial charge in [-0.1, -0.05) is 0 Å². The Morgan fingerprint density at radius 2 is 1.93 bits per heavy atom. The zero-order valence-corrected chi connectivity index (χ0v) is 16.0. The van der Waals surface area contributed by atoms with Crippen molar-refractivity contribution in [2.45, 2.75) is 17.7 Å². The third kappa shape index (κ3) is 3.53. The highest BCUT2D eigenvalue weighted by atomic mass is 32.2. The van der Waals surface area contributed by atoms with E-state index >= 15 is 0 Å². The number of amides is 1. The van der Waals surface area contributed by atoms with Gasteiger partial charge < -0.3 is 19.1 Å². The molecule has 0 radical (unpaired) electrons. The zero-order valence-electron chi connectivity index (χ0n) is 15.2. The standard InChI is InChI=1S/C19H23N3O4S/c23-19(13-2-1-3-24-12-13)21-8-14-10-22(11-15(14)9-21)27-16-6-17-18(20-7-16)26-5-4-25-17/h6-7,13H,1-5,8-12H2. The van der Waals surface area contributed by atoms with Crippen molar-refractivity contribution in [3.63, 3.8) is 0 Å². The van der Waals surface area contributed by atoms with E-state index in [1.165, 1.54) is 11.1 Å². The largest absolute Gasteiger partial charge is 0.484 e. The quantitative estimate of drug-likeness (QED) is 0.576. The maximum Gasteiger partial charge on any atom is 0.257 e. The second-order valence-corrected chi connectivity index (χ2v) is 8.55. The van der Waals surface area contributed by atoms with Crippen molar-refractivity contribution in [1.82, 2.24) is 14.2 Å². The first kappa shape index (κ1) is 17.3. The Kier molecular flexibility index (Phi) is 4.71. The van der Waals surface area contributed by atoms with Crippen molar-refractivity contribution < 1.29 is 19.0 Å². The molecular formula is C19H23N3O4S. The number of nitrogens with zero attached hydrogens (tertiary/aromatic N) is 3. The minimum atomic E-state index is 0.0491. The van der Waals surface area contributed by atoms with E-state index < -0.39 is 0 Å². The molecule has 5 heterocycles. The van der Waals surface area contributed by atoms with Gasteiger partial charge in [-0.15, -0.1) is 0 Å². The molecule has 4 aliphatic heterocycles. The Hall–Kier alpha value is -1.77. The summed E-state index contributed by atoms with van der Waals surface area (Å²) in [6.07, 6.45) is 3.78. The first-order valence-electron chi connectivity index (χ1n) is 9.51. The van der Waals surface area contributed by atoms with E-state index in [1.807, 2.05) is 17.2 Å². The molecule has 4 aliphatic rings.